The lowest BCUT2D eigenvalue weighted by atomic mass is 10.1. The van der Waals surface area contributed by atoms with E-state index in [1.807, 2.05) is 78.9 Å². The van der Waals surface area contributed by atoms with E-state index >= 15 is 0 Å². The smallest absolute Gasteiger partial charge is 0.254 e. The van der Waals surface area contributed by atoms with Crippen molar-refractivity contribution >= 4 is 5.91 Å². The third-order valence-electron chi connectivity index (χ3n) is 4.85. The van der Waals surface area contributed by atoms with E-state index < -0.39 is 0 Å². The van der Waals surface area contributed by atoms with Crippen molar-refractivity contribution in [2.45, 2.75) is 27.3 Å². The number of fused-ring (bicyclic) bond motifs is 1. The molecule has 1 aliphatic heterocycles. The molecule has 144 valence electrons. The van der Waals surface area contributed by atoms with E-state index in [2.05, 4.69) is 5.10 Å². The van der Waals surface area contributed by atoms with Crippen LogP contribution in [0.3, 0.4) is 0 Å². The Morgan fingerprint density at radius 3 is 2.50 bits per heavy atom. The maximum Gasteiger partial charge on any atom is 0.254 e. The van der Waals surface area contributed by atoms with E-state index in [1.165, 1.54) is 0 Å². The minimum atomic E-state index is 0.0000784. The molecule has 0 bridgehead atoms. The zero-order chi connectivity index (χ0) is 19.7. The lowest BCUT2D eigenvalue weighted by Crippen LogP contribution is -2.30. The Kier molecular flexibility index (Phi) is 4.77. The zero-order valence-electron chi connectivity index (χ0n) is 16.3. The molecule has 0 unspecified atom stereocenters. The Hall–Kier alpha value is -3.28. The third kappa shape index (κ3) is 3.45. The number of hydrogen-bond acceptors (Lipinski definition) is 4. The van der Waals surface area contributed by atoms with Gasteiger partial charge in [0.25, 0.3) is 5.91 Å². The summed E-state index contributed by atoms with van der Waals surface area (Å²) in [4.78, 5) is 14.8. The van der Waals surface area contributed by atoms with Gasteiger partial charge < -0.3 is 14.4 Å². The van der Waals surface area contributed by atoms with Crippen LogP contribution in [-0.4, -0.2) is 33.9 Å². The largest absolute Gasteiger partial charge is 0.454 e. The van der Waals surface area contributed by atoms with E-state index in [1.54, 1.807) is 0 Å². The molecule has 0 saturated carbocycles. The van der Waals surface area contributed by atoms with Crippen LogP contribution in [0.25, 0.3) is 5.69 Å². The van der Waals surface area contributed by atoms with Crippen LogP contribution >= 0.6 is 0 Å². The molecule has 1 amide bonds. The fraction of sp³-hybridized carbons (Fsp3) is 0.273. The summed E-state index contributed by atoms with van der Waals surface area (Å²) in [5, 5.41) is 4.49. The van der Waals surface area contributed by atoms with Gasteiger partial charge in [0, 0.05) is 24.3 Å². The van der Waals surface area contributed by atoms with Crippen molar-refractivity contribution in [2.24, 2.45) is 0 Å². The molecule has 2 aromatic carbocycles. The van der Waals surface area contributed by atoms with Crippen molar-refractivity contribution in [2.75, 3.05) is 13.3 Å². The highest BCUT2D eigenvalue weighted by Crippen LogP contribution is 2.32. The second-order valence-electron chi connectivity index (χ2n) is 6.89. The van der Waals surface area contributed by atoms with Crippen molar-refractivity contribution in [3.63, 3.8) is 0 Å². The van der Waals surface area contributed by atoms with Gasteiger partial charge in [0.1, 0.15) is 0 Å². The molecule has 0 radical (unpaired) electrons. The molecule has 0 spiro atoms. The van der Waals surface area contributed by atoms with Gasteiger partial charge in [-0.1, -0.05) is 6.07 Å². The van der Waals surface area contributed by atoms with Crippen LogP contribution in [0.5, 0.6) is 11.5 Å². The van der Waals surface area contributed by atoms with Crippen molar-refractivity contribution < 1.29 is 14.3 Å². The molecular weight excluding hydrogens is 354 g/mol. The summed E-state index contributed by atoms with van der Waals surface area (Å²) in [5.41, 5.74) is 4.65. The van der Waals surface area contributed by atoms with Crippen LogP contribution in [0, 0.1) is 13.8 Å². The van der Waals surface area contributed by atoms with Gasteiger partial charge in [0.2, 0.25) is 6.79 Å². The van der Waals surface area contributed by atoms with E-state index in [0.717, 1.165) is 34.1 Å². The normalized spacial score (nSPS) is 12.2. The molecule has 0 fully saturated rings. The molecule has 6 nitrogen and oxygen atoms in total. The third-order valence-corrected chi connectivity index (χ3v) is 4.85. The number of ether oxygens (including phenoxy) is 2. The van der Waals surface area contributed by atoms with Crippen LogP contribution in [-0.2, 0) is 6.54 Å². The lowest BCUT2D eigenvalue weighted by Gasteiger charge is -2.21. The quantitative estimate of drug-likeness (QED) is 0.677. The number of carbonyl (C=O) groups excluding carboxylic acids is 1. The summed E-state index contributed by atoms with van der Waals surface area (Å²) in [7, 11) is 0. The van der Waals surface area contributed by atoms with Gasteiger partial charge >= 0.3 is 0 Å². The minimum absolute atomic E-state index is 0.0000784. The SMILES string of the molecule is CCN(Cc1ccc2c(c1)OCO2)C(=O)c1ccc(-n2nc(C)cc2C)cc1. The molecule has 28 heavy (non-hydrogen) atoms. The Balaban J connectivity index is 1.51. The van der Waals surface area contributed by atoms with Crippen LogP contribution < -0.4 is 9.47 Å². The Bertz CT molecular complexity index is 1010. The maximum atomic E-state index is 13.0. The summed E-state index contributed by atoms with van der Waals surface area (Å²) < 4.78 is 12.7. The van der Waals surface area contributed by atoms with Gasteiger partial charge in [-0.3, -0.25) is 4.79 Å². The average Bonchev–Trinajstić information content (AvgIpc) is 3.30. The monoisotopic (exact) mass is 377 g/mol. The van der Waals surface area contributed by atoms with Gasteiger partial charge in [-0.05, 0) is 68.8 Å². The zero-order valence-corrected chi connectivity index (χ0v) is 16.3. The van der Waals surface area contributed by atoms with Gasteiger partial charge in [-0.15, -0.1) is 0 Å². The standard InChI is InChI=1S/C22H23N3O3/c1-4-24(13-17-5-10-20-21(12-17)28-14-27-20)22(26)18-6-8-19(9-7-18)25-16(3)11-15(2)23-25/h5-12H,4,13-14H2,1-3H3. The summed E-state index contributed by atoms with van der Waals surface area (Å²) in [6.07, 6.45) is 0. The Labute approximate surface area is 164 Å². The second-order valence-corrected chi connectivity index (χ2v) is 6.89. The fourth-order valence-corrected chi connectivity index (χ4v) is 3.40. The first-order valence-corrected chi connectivity index (χ1v) is 9.36. The van der Waals surface area contributed by atoms with E-state index in [0.29, 0.717) is 18.7 Å². The maximum absolute atomic E-state index is 13.0. The summed E-state index contributed by atoms with van der Waals surface area (Å²) >= 11 is 0. The highest BCUT2D eigenvalue weighted by Gasteiger charge is 2.18. The minimum Gasteiger partial charge on any atom is -0.454 e. The van der Waals surface area contributed by atoms with Crippen LogP contribution in [0.4, 0.5) is 0 Å². The molecule has 2 heterocycles. The molecule has 1 aliphatic rings. The number of benzene rings is 2. The first kappa shape index (κ1) is 18.1. The highest BCUT2D eigenvalue weighted by atomic mass is 16.7. The molecule has 0 aliphatic carbocycles. The molecule has 1 aromatic heterocycles. The average molecular weight is 377 g/mol. The highest BCUT2D eigenvalue weighted by molar-refractivity contribution is 5.94. The first-order chi connectivity index (χ1) is 13.5. The molecule has 3 aromatic rings. The van der Waals surface area contributed by atoms with Gasteiger partial charge in [0.15, 0.2) is 11.5 Å². The number of aryl methyl sites for hydroxylation is 2. The molecule has 6 heteroatoms. The van der Waals surface area contributed by atoms with Gasteiger partial charge in [-0.25, -0.2) is 4.68 Å². The van der Waals surface area contributed by atoms with Crippen molar-refractivity contribution in [1.82, 2.24) is 14.7 Å². The van der Waals surface area contributed by atoms with Crippen LogP contribution in [0.15, 0.2) is 48.5 Å². The molecule has 0 atom stereocenters. The number of hydrogen-bond donors (Lipinski definition) is 0. The predicted molar refractivity (Wildman–Crippen MR) is 106 cm³/mol. The molecule has 4 rings (SSSR count). The second kappa shape index (κ2) is 7.38. The van der Waals surface area contributed by atoms with Crippen molar-refractivity contribution in [3.8, 4) is 17.2 Å². The number of amides is 1. The summed E-state index contributed by atoms with van der Waals surface area (Å²) in [5.74, 6) is 1.48. The predicted octanol–water partition coefficient (Wildman–Crippen LogP) is 3.88. The summed E-state index contributed by atoms with van der Waals surface area (Å²) in [6.45, 7) is 7.35. The Morgan fingerprint density at radius 2 is 1.82 bits per heavy atom. The number of aromatic nitrogens is 2. The fourth-order valence-electron chi connectivity index (χ4n) is 3.40. The van der Waals surface area contributed by atoms with Crippen LogP contribution in [0.2, 0.25) is 0 Å². The van der Waals surface area contributed by atoms with Gasteiger partial charge in [-0.2, -0.15) is 5.10 Å². The number of nitrogens with zero attached hydrogens (tertiary/aromatic N) is 3. The molecular formula is C22H23N3O3. The number of carbonyl (C=O) groups is 1. The van der Waals surface area contributed by atoms with E-state index in [4.69, 9.17) is 9.47 Å². The van der Waals surface area contributed by atoms with Gasteiger partial charge in [0.05, 0.1) is 11.4 Å². The van der Waals surface area contributed by atoms with Crippen LogP contribution in [0.1, 0.15) is 34.2 Å². The molecule has 0 saturated heterocycles. The Morgan fingerprint density at radius 1 is 1.07 bits per heavy atom. The topological polar surface area (TPSA) is 56.6 Å². The van der Waals surface area contributed by atoms with Crippen molar-refractivity contribution in [1.29, 1.82) is 0 Å². The van der Waals surface area contributed by atoms with E-state index in [-0.39, 0.29) is 12.7 Å². The first-order valence-electron chi connectivity index (χ1n) is 9.36. The number of rotatable bonds is 5. The lowest BCUT2D eigenvalue weighted by molar-refractivity contribution is 0.0752. The van der Waals surface area contributed by atoms with E-state index in [9.17, 15) is 4.79 Å². The van der Waals surface area contributed by atoms with Crippen molar-refractivity contribution in [3.05, 3.63) is 71.0 Å². The molecule has 0 N–H and O–H groups in total. The summed E-state index contributed by atoms with van der Waals surface area (Å²) in [6, 6.07) is 15.4.